The van der Waals surface area contributed by atoms with Gasteiger partial charge in [0.05, 0.1) is 25.0 Å². The first-order valence-corrected chi connectivity index (χ1v) is 24.0. The summed E-state index contributed by atoms with van der Waals surface area (Å²) >= 11 is 0. The van der Waals surface area contributed by atoms with Crippen LogP contribution in [0.5, 0.6) is 0 Å². The van der Waals surface area contributed by atoms with E-state index in [0.29, 0.717) is 13.2 Å². The fraction of sp³-hybridized carbons (Fsp3) is 0.938. The quantitative estimate of drug-likeness (QED) is 0.0351. The van der Waals surface area contributed by atoms with Crippen molar-refractivity contribution in [2.45, 2.75) is 240 Å². The highest BCUT2D eigenvalue weighted by Gasteiger charge is 2.20. The van der Waals surface area contributed by atoms with Gasteiger partial charge in [0, 0.05) is 13.6 Å². The highest BCUT2D eigenvalue weighted by atomic mass is 16.5. The van der Waals surface area contributed by atoms with E-state index in [0.717, 1.165) is 103 Å². The van der Waals surface area contributed by atoms with Gasteiger partial charge in [0.25, 0.3) is 0 Å². The van der Waals surface area contributed by atoms with Crippen molar-refractivity contribution in [3.63, 3.8) is 0 Å². The van der Waals surface area contributed by atoms with Crippen molar-refractivity contribution in [1.29, 1.82) is 0 Å². The van der Waals surface area contributed by atoms with E-state index in [1.807, 2.05) is 13.3 Å². The zero-order valence-electron chi connectivity index (χ0n) is 37.1. The lowest BCUT2D eigenvalue weighted by Crippen LogP contribution is -2.27. The van der Waals surface area contributed by atoms with Crippen LogP contribution in [0, 0.1) is 11.8 Å². The van der Waals surface area contributed by atoms with E-state index in [9.17, 15) is 9.59 Å². The summed E-state index contributed by atoms with van der Waals surface area (Å²) < 4.78 is 11.7. The van der Waals surface area contributed by atoms with Gasteiger partial charge >= 0.3 is 11.9 Å². The smallest absolute Gasteiger partial charge is 0.308 e. The van der Waals surface area contributed by atoms with E-state index in [1.165, 1.54) is 128 Å². The zero-order valence-corrected chi connectivity index (χ0v) is 37.1. The van der Waals surface area contributed by atoms with Crippen LogP contribution in [0.4, 0.5) is 0 Å². The third-order valence-corrected chi connectivity index (χ3v) is 11.3. The summed E-state index contributed by atoms with van der Waals surface area (Å²) in [7, 11) is 1.86. The molecule has 0 rings (SSSR count). The summed E-state index contributed by atoms with van der Waals surface area (Å²) in [5.74, 6) is 0.320. The maximum atomic E-state index is 13.0. The SMILES string of the molecule is CCCCCCCCC(CCCCCC)C(=O)OCCCCCCN(CC/C=N/C)CCCCCCOC(=O)C(CCCCCC)CCCCCCCC. The van der Waals surface area contributed by atoms with Gasteiger partial charge in [0.2, 0.25) is 0 Å². The maximum Gasteiger partial charge on any atom is 0.308 e. The number of ether oxygens (including phenoxy) is 2. The fourth-order valence-corrected chi connectivity index (χ4v) is 7.61. The van der Waals surface area contributed by atoms with Crippen LogP contribution in [0.1, 0.15) is 240 Å². The van der Waals surface area contributed by atoms with Crippen molar-refractivity contribution in [2.75, 3.05) is 39.9 Å². The molecule has 0 spiro atoms. The summed E-state index contributed by atoms with van der Waals surface area (Å²) in [4.78, 5) is 32.7. The number of esters is 2. The number of rotatable bonds is 43. The molecule has 6 heteroatoms. The molecule has 0 heterocycles. The molecule has 0 aromatic carbocycles. The molecule has 0 aliphatic heterocycles. The molecule has 0 saturated carbocycles. The third-order valence-electron chi connectivity index (χ3n) is 11.3. The standard InChI is InChI=1S/C48H94N2O4/c1-6-10-14-18-20-28-37-45(35-26-16-12-8-3)47(51)53-43-32-24-22-30-40-50(42-34-39-49-5)41-31-23-25-33-44-54-48(52)46(36-27-17-13-9-4)38-29-21-19-15-11-7-2/h39,45-46H,6-38,40-44H2,1-5H3/b49-39+. The van der Waals surface area contributed by atoms with E-state index in [2.05, 4.69) is 37.6 Å². The lowest BCUT2D eigenvalue weighted by molar-refractivity contribution is -0.150. The molecule has 0 amide bonds. The molecule has 0 aromatic rings. The predicted molar refractivity (Wildman–Crippen MR) is 235 cm³/mol. The van der Waals surface area contributed by atoms with Crippen LogP contribution >= 0.6 is 0 Å². The minimum Gasteiger partial charge on any atom is -0.465 e. The van der Waals surface area contributed by atoms with Crippen molar-refractivity contribution in [2.24, 2.45) is 16.8 Å². The summed E-state index contributed by atoms with van der Waals surface area (Å²) in [5, 5.41) is 0. The van der Waals surface area contributed by atoms with E-state index >= 15 is 0 Å². The molecule has 2 unspecified atom stereocenters. The Morgan fingerprint density at radius 3 is 1.13 bits per heavy atom. The number of hydrogen-bond acceptors (Lipinski definition) is 6. The molecule has 0 aromatic heterocycles. The van der Waals surface area contributed by atoms with E-state index in [-0.39, 0.29) is 23.8 Å². The Hall–Kier alpha value is -1.43. The van der Waals surface area contributed by atoms with Gasteiger partial charge in [0.1, 0.15) is 0 Å². The Labute approximate surface area is 337 Å². The average Bonchev–Trinajstić information content (AvgIpc) is 3.17. The Morgan fingerprint density at radius 1 is 0.444 bits per heavy atom. The topological polar surface area (TPSA) is 68.2 Å². The van der Waals surface area contributed by atoms with Gasteiger partial charge in [-0.25, -0.2) is 0 Å². The number of carbonyl (C=O) groups is 2. The molecule has 2 atom stereocenters. The third kappa shape index (κ3) is 35.0. The van der Waals surface area contributed by atoms with E-state index in [1.54, 1.807) is 0 Å². The van der Waals surface area contributed by atoms with Crippen LogP contribution in [-0.4, -0.2) is 62.9 Å². The molecule has 0 saturated heterocycles. The predicted octanol–water partition coefficient (Wildman–Crippen LogP) is 14.3. The normalized spacial score (nSPS) is 12.9. The second-order valence-electron chi connectivity index (χ2n) is 16.4. The van der Waals surface area contributed by atoms with Crippen LogP contribution in [-0.2, 0) is 19.1 Å². The maximum absolute atomic E-state index is 13.0. The molecule has 0 aliphatic rings. The summed E-state index contributed by atoms with van der Waals surface area (Å²) in [6.45, 7) is 13.4. The van der Waals surface area contributed by atoms with Crippen molar-refractivity contribution >= 4 is 18.2 Å². The highest BCUT2D eigenvalue weighted by Crippen LogP contribution is 2.22. The number of nitrogens with zero attached hydrogens (tertiary/aromatic N) is 2. The minimum atomic E-state index is 0.0625. The molecule has 0 N–H and O–H groups in total. The highest BCUT2D eigenvalue weighted by molar-refractivity contribution is 5.72. The second-order valence-corrected chi connectivity index (χ2v) is 16.4. The first-order chi connectivity index (χ1) is 26.5. The lowest BCUT2D eigenvalue weighted by Gasteiger charge is -2.21. The first kappa shape index (κ1) is 52.6. The van der Waals surface area contributed by atoms with Crippen molar-refractivity contribution in [1.82, 2.24) is 4.90 Å². The van der Waals surface area contributed by atoms with Gasteiger partial charge < -0.3 is 19.4 Å². The number of aliphatic imine (C=N–C) groups is 1. The molecule has 0 radical (unpaired) electrons. The van der Waals surface area contributed by atoms with Crippen LogP contribution in [0.15, 0.2) is 4.99 Å². The molecule has 54 heavy (non-hydrogen) atoms. The fourth-order valence-electron chi connectivity index (χ4n) is 7.61. The van der Waals surface area contributed by atoms with Crippen molar-refractivity contribution in [3.8, 4) is 0 Å². The number of carbonyl (C=O) groups excluding carboxylic acids is 2. The summed E-state index contributed by atoms with van der Waals surface area (Å²) in [5.41, 5.74) is 0. The Morgan fingerprint density at radius 2 is 0.759 bits per heavy atom. The molecular formula is C48H94N2O4. The van der Waals surface area contributed by atoms with Crippen LogP contribution in [0.2, 0.25) is 0 Å². The summed E-state index contributed by atoms with van der Waals surface area (Å²) in [6.07, 6.45) is 41.0. The monoisotopic (exact) mass is 763 g/mol. The van der Waals surface area contributed by atoms with Gasteiger partial charge in [-0.3, -0.25) is 9.59 Å². The minimum absolute atomic E-state index is 0.0625. The van der Waals surface area contributed by atoms with Gasteiger partial charge in [-0.2, -0.15) is 0 Å². The molecule has 0 bridgehead atoms. The Balaban J connectivity index is 4.37. The Kier molecular flexibility index (Phi) is 41.6. The number of hydrogen-bond donors (Lipinski definition) is 0. The van der Waals surface area contributed by atoms with Gasteiger partial charge in [-0.15, -0.1) is 0 Å². The first-order valence-electron chi connectivity index (χ1n) is 24.0. The van der Waals surface area contributed by atoms with Crippen LogP contribution < -0.4 is 0 Å². The molecule has 6 nitrogen and oxygen atoms in total. The molecule has 0 fully saturated rings. The van der Waals surface area contributed by atoms with Gasteiger partial charge in [-0.05, 0) is 77.1 Å². The van der Waals surface area contributed by atoms with E-state index in [4.69, 9.17) is 9.47 Å². The largest absolute Gasteiger partial charge is 0.465 e. The lowest BCUT2D eigenvalue weighted by atomic mass is 9.94. The molecule has 0 aliphatic carbocycles. The number of unbranched alkanes of at least 4 members (excludes halogenated alkanes) is 22. The van der Waals surface area contributed by atoms with Crippen LogP contribution in [0.3, 0.4) is 0 Å². The second kappa shape index (κ2) is 42.7. The van der Waals surface area contributed by atoms with Crippen LogP contribution in [0.25, 0.3) is 0 Å². The van der Waals surface area contributed by atoms with Crippen molar-refractivity contribution in [3.05, 3.63) is 0 Å². The van der Waals surface area contributed by atoms with Gasteiger partial charge in [0.15, 0.2) is 0 Å². The molecular weight excluding hydrogens is 669 g/mol. The van der Waals surface area contributed by atoms with E-state index < -0.39 is 0 Å². The zero-order chi connectivity index (χ0) is 39.6. The van der Waals surface area contributed by atoms with Crippen molar-refractivity contribution < 1.29 is 19.1 Å². The average molecular weight is 763 g/mol. The molecule has 320 valence electrons. The summed E-state index contributed by atoms with van der Waals surface area (Å²) in [6, 6.07) is 0. The van der Waals surface area contributed by atoms with Gasteiger partial charge in [-0.1, -0.05) is 182 Å². The Bertz CT molecular complexity index is 761.